The van der Waals surface area contributed by atoms with E-state index in [4.69, 9.17) is 5.11 Å². The van der Waals surface area contributed by atoms with Crippen LogP contribution in [0.2, 0.25) is 0 Å². The summed E-state index contributed by atoms with van der Waals surface area (Å²) in [5, 5.41) is 8.78. The SMILES string of the molecule is CCC(CCO)CNS(=O)(=O)C(C)(C)C. The normalized spacial score (nSPS) is 15.3. The first-order valence-electron chi connectivity index (χ1n) is 5.34. The van der Waals surface area contributed by atoms with E-state index >= 15 is 0 Å². The van der Waals surface area contributed by atoms with Crippen molar-refractivity contribution in [2.45, 2.75) is 45.3 Å². The molecule has 2 N–H and O–H groups in total. The maximum Gasteiger partial charge on any atom is 0.216 e. The summed E-state index contributed by atoms with van der Waals surface area (Å²) < 4.78 is 25.2. The van der Waals surface area contributed by atoms with Crippen molar-refractivity contribution in [1.82, 2.24) is 4.72 Å². The highest BCUT2D eigenvalue weighted by Gasteiger charge is 2.28. The lowest BCUT2D eigenvalue weighted by Crippen LogP contribution is -2.41. The highest BCUT2D eigenvalue weighted by atomic mass is 32.2. The van der Waals surface area contributed by atoms with E-state index in [0.29, 0.717) is 13.0 Å². The molecule has 0 aromatic carbocycles. The minimum Gasteiger partial charge on any atom is -0.396 e. The number of hydrogen-bond donors (Lipinski definition) is 2. The Kier molecular flexibility index (Phi) is 5.77. The van der Waals surface area contributed by atoms with E-state index in [-0.39, 0.29) is 12.5 Å². The van der Waals surface area contributed by atoms with E-state index in [1.54, 1.807) is 20.8 Å². The Morgan fingerprint density at radius 2 is 1.87 bits per heavy atom. The Balaban J connectivity index is 4.26. The lowest BCUT2D eigenvalue weighted by atomic mass is 10.0. The van der Waals surface area contributed by atoms with Gasteiger partial charge < -0.3 is 5.11 Å². The lowest BCUT2D eigenvalue weighted by molar-refractivity contribution is 0.254. The fourth-order valence-corrected chi connectivity index (χ4v) is 1.97. The van der Waals surface area contributed by atoms with E-state index in [2.05, 4.69) is 4.72 Å². The van der Waals surface area contributed by atoms with Crippen molar-refractivity contribution in [1.29, 1.82) is 0 Å². The average Bonchev–Trinajstić information content (AvgIpc) is 2.10. The smallest absolute Gasteiger partial charge is 0.216 e. The third-order valence-corrected chi connectivity index (χ3v) is 4.64. The summed E-state index contributed by atoms with van der Waals surface area (Å²) in [6.45, 7) is 7.52. The fraction of sp³-hybridized carbons (Fsp3) is 1.00. The second-order valence-corrected chi connectivity index (χ2v) is 7.27. The van der Waals surface area contributed by atoms with Crippen LogP contribution in [0.4, 0.5) is 0 Å². The molecule has 0 radical (unpaired) electrons. The largest absolute Gasteiger partial charge is 0.396 e. The monoisotopic (exact) mass is 237 g/mol. The van der Waals surface area contributed by atoms with Crippen LogP contribution >= 0.6 is 0 Å². The van der Waals surface area contributed by atoms with Crippen molar-refractivity contribution < 1.29 is 13.5 Å². The predicted molar refractivity (Wildman–Crippen MR) is 62.2 cm³/mol. The fourth-order valence-electron chi connectivity index (χ4n) is 1.08. The van der Waals surface area contributed by atoms with Crippen molar-refractivity contribution >= 4 is 10.0 Å². The first-order chi connectivity index (χ1) is 6.74. The minimum atomic E-state index is -3.25. The Morgan fingerprint density at radius 1 is 1.33 bits per heavy atom. The van der Waals surface area contributed by atoms with Gasteiger partial charge in [0, 0.05) is 13.2 Å². The van der Waals surface area contributed by atoms with Gasteiger partial charge in [0.1, 0.15) is 0 Å². The molecule has 0 aliphatic heterocycles. The van der Waals surface area contributed by atoms with Gasteiger partial charge in [-0.3, -0.25) is 0 Å². The zero-order valence-electron chi connectivity index (χ0n) is 10.1. The van der Waals surface area contributed by atoms with Crippen LogP contribution < -0.4 is 4.72 Å². The Morgan fingerprint density at radius 3 is 2.20 bits per heavy atom. The lowest BCUT2D eigenvalue weighted by Gasteiger charge is -2.22. The molecule has 0 saturated carbocycles. The van der Waals surface area contributed by atoms with Gasteiger partial charge in [-0.2, -0.15) is 0 Å². The molecule has 0 bridgehead atoms. The maximum atomic E-state index is 11.7. The molecule has 0 rings (SSSR count). The molecule has 0 aromatic heterocycles. The van der Waals surface area contributed by atoms with Crippen LogP contribution in [0.15, 0.2) is 0 Å². The summed E-state index contributed by atoms with van der Waals surface area (Å²) in [6.07, 6.45) is 1.51. The third-order valence-electron chi connectivity index (χ3n) is 2.48. The molecule has 1 atom stereocenters. The summed E-state index contributed by atoms with van der Waals surface area (Å²) in [7, 11) is -3.25. The summed E-state index contributed by atoms with van der Waals surface area (Å²) in [4.78, 5) is 0. The molecule has 0 aliphatic carbocycles. The molecule has 0 fully saturated rings. The molecule has 0 amide bonds. The van der Waals surface area contributed by atoms with Crippen LogP contribution in [0.5, 0.6) is 0 Å². The van der Waals surface area contributed by atoms with E-state index in [0.717, 1.165) is 6.42 Å². The summed E-state index contributed by atoms with van der Waals surface area (Å²) >= 11 is 0. The van der Waals surface area contributed by atoms with Crippen molar-refractivity contribution in [3.05, 3.63) is 0 Å². The molecular weight excluding hydrogens is 214 g/mol. The standard InChI is InChI=1S/C10H23NO3S/c1-5-9(6-7-12)8-11-15(13,14)10(2,3)4/h9,11-12H,5-8H2,1-4H3. The first-order valence-corrected chi connectivity index (χ1v) is 6.83. The number of aliphatic hydroxyl groups is 1. The number of rotatable bonds is 6. The highest BCUT2D eigenvalue weighted by molar-refractivity contribution is 7.90. The number of aliphatic hydroxyl groups excluding tert-OH is 1. The van der Waals surface area contributed by atoms with Crippen LogP contribution in [0.1, 0.15) is 40.5 Å². The van der Waals surface area contributed by atoms with Crippen LogP contribution in [0, 0.1) is 5.92 Å². The van der Waals surface area contributed by atoms with Crippen molar-refractivity contribution in [3.8, 4) is 0 Å². The summed E-state index contributed by atoms with van der Waals surface area (Å²) in [5.74, 6) is 0.215. The molecule has 1 unspecified atom stereocenters. The molecule has 4 nitrogen and oxygen atoms in total. The average molecular weight is 237 g/mol. The summed E-state index contributed by atoms with van der Waals surface area (Å²) in [6, 6.07) is 0. The third kappa shape index (κ3) is 4.95. The van der Waals surface area contributed by atoms with E-state index in [1.165, 1.54) is 0 Å². The number of nitrogens with one attached hydrogen (secondary N) is 1. The Hall–Kier alpha value is -0.130. The van der Waals surface area contributed by atoms with Gasteiger partial charge >= 0.3 is 0 Å². The molecule has 0 saturated heterocycles. The van der Waals surface area contributed by atoms with Gasteiger partial charge in [-0.1, -0.05) is 13.3 Å². The van der Waals surface area contributed by atoms with Crippen molar-refractivity contribution in [2.75, 3.05) is 13.2 Å². The minimum absolute atomic E-state index is 0.107. The molecule has 92 valence electrons. The second kappa shape index (κ2) is 5.82. The predicted octanol–water partition coefficient (Wildman–Crippen LogP) is 1.11. The Labute approximate surface area is 93.1 Å². The summed E-state index contributed by atoms with van der Waals surface area (Å²) in [5.41, 5.74) is 0. The van der Waals surface area contributed by atoms with Gasteiger partial charge in [-0.15, -0.1) is 0 Å². The topological polar surface area (TPSA) is 66.4 Å². The quantitative estimate of drug-likeness (QED) is 0.727. The van der Waals surface area contributed by atoms with E-state index in [1.807, 2.05) is 6.92 Å². The molecule has 0 aliphatic rings. The zero-order valence-corrected chi connectivity index (χ0v) is 10.9. The van der Waals surface area contributed by atoms with Crippen LogP contribution in [0.25, 0.3) is 0 Å². The van der Waals surface area contributed by atoms with E-state index < -0.39 is 14.8 Å². The zero-order chi connectivity index (χ0) is 12.1. The number of hydrogen-bond acceptors (Lipinski definition) is 3. The van der Waals surface area contributed by atoms with Crippen LogP contribution in [-0.2, 0) is 10.0 Å². The van der Waals surface area contributed by atoms with Gasteiger partial charge in [0.25, 0.3) is 0 Å². The van der Waals surface area contributed by atoms with Gasteiger partial charge in [-0.05, 0) is 33.1 Å². The van der Waals surface area contributed by atoms with E-state index in [9.17, 15) is 8.42 Å². The van der Waals surface area contributed by atoms with Gasteiger partial charge in [0.15, 0.2) is 0 Å². The molecule has 5 heteroatoms. The van der Waals surface area contributed by atoms with Crippen molar-refractivity contribution in [2.24, 2.45) is 5.92 Å². The molecular formula is C10H23NO3S. The van der Waals surface area contributed by atoms with Gasteiger partial charge in [0.2, 0.25) is 10.0 Å². The molecule has 15 heavy (non-hydrogen) atoms. The Bertz CT molecular complexity index is 267. The van der Waals surface area contributed by atoms with Gasteiger partial charge in [0.05, 0.1) is 4.75 Å². The molecule has 0 aromatic rings. The second-order valence-electron chi connectivity index (χ2n) is 4.75. The van der Waals surface area contributed by atoms with Crippen molar-refractivity contribution in [3.63, 3.8) is 0 Å². The molecule has 0 spiro atoms. The number of sulfonamides is 1. The van der Waals surface area contributed by atoms with Crippen LogP contribution in [0.3, 0.4) is 0 Å². The van der Waals surface area contributed by atoms with Crippen LogP contribution in [-0.4, -0.2) is 31.4 Å². The first kappa shape index (κ1) is 14.9. The highest BCUT2D eigenvalue weighted by Crippen LogP contribution is 2.14. The molecule has 0 heterocycles. The van der Waals surface area contributed by atoms with Gasteiger partial charge in [-0.25, -0.2) is 13.1 Å². The maximum absolute atomic E-state index is 11.7.